The first kappa shape index (κ1) is 12.4. The highest BCUT2D eigenvalue weighted by molar-refractivity contribution is 7.08. The Morgan fingerprint density at radius 3 is 3.21 bits per heavy atom. The lowest BCUT2D eigenvalue weighted by Gasteiger charge is -2.34. The van der Waals surface area contributed by atoms with Crippen LogP contribution in [0, 0.1) is 6.92 Å². The molecular formula is C13H15N3O2S. The molecule has 1 fully saturated rings. The summed E-state index contributed by atoms with van der Waals surface area (Å²) in [5, 5.41) is 3.79. The third-order valence-electron chi connectivity index (χ3n) is 3.20. The van der Waals surface area contributed by atoms with Crippen LogP contribution >= 0.6 is 11.3 Å². The average Bonchev–Trinajstić information content (AvgIpc) is 3.09. The number of nitrogens with one attached hydrogen (secondary N) is 1. The molecule has 0 aliphatic carbocycles. The maximum absolute atomic E-state index is 12.5. The molecule has 0 spiro atoms. The number of nitrogens with zero attached hydrogens (tertiary/aromatic N) is 2. The summed E-state index contributed by atoms with van der Waals surface area (Å²) >= 11 is 1.53. The van der Waals surface area contributed by atoms with E-state index >= 15 is 0 Å². The molecule has 1 amide bonds. The van der Waals surface area contributed by atoms with Gasteiger partial charge in [0.2, 0.25) is 0 Å². The Hall–Kier alpha value is -1.66. The molecular weight excluding hydrogens is 262 g/mol. The number of carbonyl (C=O) groups is 1. The van der Waals surface area contributed by atoms with Gasteiger partial charge in [-0.2, -0.15) is 11.3 Å². The second kappa shape index (κ2) is 5.14. The number of hydrogen-bond donors (Lipinski definition) is 1. The summed E-state index contributed by atoms with van der Waals surface area (Å²) in [6.07, 6.45) is 1.77. The average molecular weight is 277 g/mol. The zero-order valence-electron chi connectivity index (χ0n) is 10.6. The first-order valence-corrected chi connectivity index (χ1v) is 7.12. The summed E-state index contributed by atoms with van der Waals surface area (Å²) in [6, 6.07) is 1.72. The molecule has 0 radical (unpaired) electrons. The van der Waals surface area contributed by atoms with E-state index in [0.717, 1.165) is 17.1 Å². The highest BCUT2D eigenvalue weighted by atomic mass is 32.1. The molecule has 3 rings (SSSR count). The van der Waals surface area contributed by atoms with Gasteiger partial charge in [0, 0.05) is 23.8 Å². The predicted molar refractivity (Wildman–Crippen MR) is 72.2 cm³/mol. The molecule has 1 atom stereocenters. The van der Waals surface area contributed by atoms with Crippen molar-refractivity contribution in [1.29, 1.82) is 0 Å². The Morgan fingerprint density at radius 1 is 1.63 bits per heavy atom. The molecule has 0 saturated carbocycles. The van der Waals surface area contributed by atoms with Gasteiger partial charge in [-0.1, -0.05) is 0 Å². The zero-order chi connectivity index (χ0) is 13.2. The minimum atomic E-state index is -0.130. The van der Waals surface area contributed by atoms with Gasteiger partial charge in [-0.05, 0) is 18.4 Å². The Bertz CT molecular complexity index is 564. The predicted octanol–water partition coefficient (Wildman–Crippen LogP) is 1.99. The number of aromatic nitrogens is 2. The van der Waals surface area contributed by atoms with Crippen LogP contribution in [0.25, 0.3) is 0 Å². The number of ether oxygens (including phenoxy) is 1. The lowest BCUT2D eigenvalue weighted by Crippen LogP contribution is -2.43. The van der Waals surface area contributed by atoms with E-state index in [-0.39, 0.29) is 11.9 Å². The number of rotatable bonds is 2. The van der Waals surface area contributed by atoms with Crippen molar-refractivity contribution >= 4 is 17.2 Å². The summed E-state index contributed by atoms with van der Waals surface area (Å²) in [4.78, 5) is 21.8. The number of carbonyl (C=O) groups excluding carboxylic acids is 1. The van der Waals surface area contributed by atoms with E-state index in [1.807, 2.05) is 28.7 Å². The molecule has 19 heavy (non-hydrogen) atoms. The van der Waals surface area contributed by atoms with Gasteiger partial charge in [0.15, 0.2) is 0 Å². The SMILES string of the molecule is Cc1cnc([C@H]2COCCN2C(=O)c2ccsc2)[nH]1. The topological polar surface area (TPSA) is 58.2 Å². The van der Waals surface area contributed by atoms with E-state index in [4.69, 9.17) is 4.74 Å². The van der Waals surface area contributed by atoms with E-state index < -0.39 is 0 Å². The zero-order valence-corrected chi connectivity index (χ0v) is 11.4. The fraction of sp³-hybridized carbons (Fsp3) is 0.385. The normalized spacial score (nSPS) is 19.6. The maximum atomic E-state index is 12.5. The third kappa shape index (κ3) is 2.41. The van der Waals surface area contributed by atoms with E-state index in [1.54, 1.807) is 6.20 Å². The summed E-state index contributed by atoms with van der Waals surface area (Å²) in [5.41, 5.74) is 1.73. The summed E-state index contributed by atoms with van der Waals surface area (Å²) in [6.45, 7) is 3.61. The Labute approximate surface area is 115 Å². The van der Waals surface area contributed by atoms with Crippen molar-refractivity contribution in [3.05, 3.63) is 40.1 Å². The summed E-state index contributed by atoms with van der Waals surface area (Å²) < 4.78 is 5.49. The number of hydrogen-bond acceptors (Lipinski definition) is 4. The van der Waals surface area contributed by atoms with Crippen LogP contribution in [0.2, 0.25) is 0 Å². The number of imidazole rings is 1. The van der Waals surface area contributed by atoms with Crippen molar-refractivity contribution in [2.75, 3.05) is 19.8 Å². The number of aromatic amines is 1. The number of H-pyrrole nitrogens is 1. The minimum Gasteiger partial charge on any atom is -0.377 e. The second-order valence-electron chi connectivity index (χ2n) is 4.55. The van der Waals surface area contributed by atoms with Crippen LogP contribution in [0.5, 0.6) is 0 Å². The number of aryl methyl sites for hydroxylation is 1. The fourth-order valence-electron chi connectivity index (χ4n) is 2.23. The Kier molecular flexibility index (Phi) is 3.35. The number of thiophene rings is 1. The van der Waals surface area contributed by atoms with Crippen molar-refractivity contribution in [1.82, 2.24) is 14.9 Å². The van der Waals surface area contributed by atoms with Gasteiger partial charge in [0.1, 0.15) is 11.9 Å². The van der Waals surface area contributed by atoms with Crippen molar-refractivity contribution in [2.45, 2.75) is 13.0 Å². The highest BCUT2D eigenvalue weighted by Gasteiger charge is 2.31. The molecule has 5 nitrogen and oxygen atoms in total. The van der Waals surface area contributed by atoms with Gasteiger partial charge < -0.3 is 14.6 Å². The highest BCUT2D eigenvalue weighted by Crippen LogP contribution is 2.24. The molecule has 2 aromatic rings. The van der Waals surface area contributed by atoms with E-state index in [2.05, 4.69) is 9.97 Å². The standard InChI is InChI=1S/C13H15N3O2S/c1-9-6-14-12(15-9)11-7-18-4-3-16(11)13(17)10-2-5-19-8-10/h2,5-6,8,11H,3-4,7H2,1H3,(H,14,15)/t11-/m1/s1. The largest absolute Gasteiger partial charge is 0.377 e. The summed E-state index contributed by atoms with van der Waals surface area (Å²) in [7, 11) is 0. The maximum Gasteiger partial charge on any atom is 0.255 e. The molecule has 100 valence electrons. The molecule has 1 saturated heterocycles. The molecule has 1 aliphatic heterocycles. The summed E-state index contributed by atoms with van der Waals surface area (Å²) in [5.74, 6) is 0.837. The van der Waals surface area contributed by atoms with E-state index in [1.165, 1.54) is 11.3 Å². The lowest BCUT2D eigenvalue weighted by molar-refractivity contribution is -0.00498. The smallest absolute Gasteiger partial charge is 0.255 e. The van der Waals surface area contributed by atoms with Crippen LogP contribution in [-0.4, -0.2) is 40.5 Å². The molecule has 1 N–H and O–H groups in total. The lowest BCUT2D eigenvalue weighted by atomic mass is 10.2. The first-order valence-electron chi connectivity index (χ1n) is 6.18. The van der Waals surface area contributed by atoms with Gasteiger partial charge in [-0.3, -0.25) is 4.79 Å². The van der Waals surface area contributed by atoms with Crippen LogP contribution in [0.3, 0.4) is 0 Å². The fourth-order valence-corrected chi connectivity index (χ4v) is 2.86. The van der Waals surface area contributed by atoms with Crippen molar-refractivity contribution in [2.24, 2.45) is 0 Å². The molecule has 2 aromatic heterocycles. The Morgan fingerprint density at radius 2 is 2.53 bits per heavy atom. The molecule has 0 unspecified atom stereocenters. The first-order chi connectivity index (χ1) is 9.25. The van der Waals surface area contributed by atoms with Crippen molar-refractivity contribution in [3.63, 3.8) is 0 Å². The monoisotopic (exact) mass is 277 g/mol. The van der Waals surface area contributed by atoms with Crippen LogP contribution in [0.1, 0.15) is 27.9 Å². The quantitative estimate of drug-likeness (QED) is 0.913. The van der Waals surface area contributed by atoms with E-state index in [9.17, 15) is 4.79 Å². The second-order valence-corrected chi connectivity index (χ2v) is 5.33. The number of morpholine rings is 1. The molecule has 3 heterocycles. The van der Waals surface area contributed by atoms with E-state index in [0.29, 0.717) is 19.8 Å². The molecule has 1 aliphatic rings. The van der Waals surface area contributed by atoms with Crippen LogP contribution < -0.4 is 0 Å². The van der Waals surface area contributed by atoms with Gasteiger partial charge >= 0.3 is 0 Å². The van der Waals surface area contributed by atoms with Gasteiger partial charge in [0.25, 0.3) is 5.91 Å². The molecule has 6 heteroatoms. The van der Waals surface area contributed by atoms with Gasteiger partial charge in [-0.25, -0.2) is 4.98 Å². The van der Waals surface area contributed by atoms with Crippen LogP contribution in [-0.2, 0) is 4.74 Å². The Balaban J connectivity index is 1.87. The van der Waals surface area contributed by atoms with Crippen LogP contribution in [0.4, 0.5) is 0 Å². The molecule has 0 aromatic carbocycles. The van der Waals surface area contributed by atoms with Crippen molar-refractivity contribution < 1.29 is 9.53 Å². The van der Waals surface area contributed by atoms with Crippen molar-refractivity contribution in [3.8, 4) is 0 Å². The van der Waals surface area contributed by atoms with Gasteiger partial charge in [-0.15, -0.1) is 0 Å². The minimum absolute atomic E-state index is 0.0450. The third-order valence-corrected chi connectivity index (χ3v) is 3.88. The van der Waals surface area contributed by atoms with Gasteiger partial charge in [0.05, 0.1) is 18.8 Å². The molecule has 0 bridgehead atoms. The number of amides is 1. The van der Waals surface area contributed by atoms with Crippen LogP contribution in [0.15, 0.2) is 23.0 Å².